The maximum absolute atomic E-state index is 11.2. The van der Waals surface area contributed by atoms with Crippen molar-refractivity contribution in [2.24, 2.45) is 5.10 Å². The molecular weight excluding hydrogens is 262 g/mol. The van der Waals surface area contributed by atoms with Crippen LogP contribution in [0.25, 0.3) is 0 Å². The number of non-ortho nitro benzene ring substituents is 1. The minimum absolute atomic E-state index is 0.0376. The Morgan fingerprint density at radius 2 is 2.15 bits per heavy atom. The van der Waals surface area contributed by atoms with Crippen molar-refractivity contribution in [2.45, 2.75) is 32.2 Å². The molecule has 0 aromatic heterocycles. The van der Waals surface area contributed by atoms with Gasteiger partial charge in [-0.1, -0.05) is 26.0 Å². The maximum atomic E-state index is 11.2. The quantitative estimate of drug-likeness (QED) is 0.452. The molecule has 0 saturated heterocycles. The Labute approximate surface area is 116 Å². The van der Waals surface area contributed by atoms with Gasteiger partial charge in [-0.05, 0) is 12.8 Å². The third kappa shape index (κ3) is 3.53. The second-order valence-electron chi connectivity index (χ2n) is 4.32. The summed E-state index contributed by atoms with van der Waals surface area (Å²) in [6.45, 7) is 3.51. The summed E-state index contributed by atoms with van der Waals surface area (Å²) in [7, 11) is 0. The van der Waals surface area contributed by atoms with Gasteiger partial charge in [0.2, 0.25) is 0 Å². The van der Waals surface area contributed by atoms with Gasteiger partial charge in [-0.3, -0.25) is 15.5 Å². The predicted molar refractivity (Wildman–Crippen MR) is 74.8 cm³/mol. The maximum Gasteiger partial charge on any atom is 0.330 e. The summed E-state index contributed by atoms with van der Waals surface area (Å²) >= 11 is 0. The molecule has 0 unspecified atom stereocenters. The van der Waals surface area contributed by atoms with Gasteiger partial charge >= 0.3 is 5.97 Å². The van der Waals surface area contributed by atoms with Crippen LogP contribution in [0.4, 0.5) is 5.69 Å². The van der Waals surface area contributed by atoms with Gasteiger partial charge in [-0.15, -0.1) is 0 Å². The number of carboxylic acid groups (broad SMARTS) is 1. The minimum atomic E-state index is -1.11. The Kier molecular flexibility index (Phi) is 5.19. The topological polar surface area (TPSA) is 105 Å². The zero-order valence-electron chi connectivity index (χ0n) is 11.4. The van der Waals surface area contributed by atoms with E-state index in [0.29, 0.717) is 18.4 Å². The number of hydrazone groups is 1. The number of benzene rings is 1. The van der Waals surface area contributed by atoms with Gasteiger partial charge in [-0.2, -0.15) is 5.10 Å². The van der Waals surface area contributed by atoms with E-state index in [2.05, 4.69) is 10.5 Å². The van der Waals surface area contributed by atoms with Crippen molar-refractivity contribution in [3.8, 4) is 0 Å². The Hall–Kier alpha value is -2.44. The number of nitrogens with zero attached hydrogens (tertiary/aromatic N) is 2. The molecule has 0 bridgehead atoms. The van der Waals surface area contributed by atoms with Crippen LogP contribution in [-0.4, -0.2) is 27.8 Å². The molecule has 0 aliphatic rings. The third-order valence-electron chi connectivity index (χ3n) is 3.19. The van der Waals surface area contributed by atoms with Crippen molar-refractivity contribution in [1.29, 1.82) is 0 Å². The summed E-state index contributed by atoms with van der Waals surface area (Å²) in [5, 5.41) is 23.7. The molecule has 0 spiro atoms. The highest BCUT2D eigenvalue weighted by molar-refractivity contribution is 5.82. The number of carboxylic acids is 1. The van der Waals surface area contributed by atoms with Gasteiger partial charge in [0, 0.05) is 17.7 Å². The molecule has 2 N–H and O–H groups in total. The van der Waals surface area contributed by atoms with E-state index in [1.54, 1.807) is 26.0 Å². The van der Waals surface area contributed by atoms with Crippen LogP contribution in [0.2, 0.25) is 0 Å². The molecule has 0 aliphatic carbocycles. The number of carbonyl (C=O) groups is 1. The van der Waals surface area contributed by atoms with Crippen LogP contribution in [0.5, 0.6) is 0 Å². The fourth-order valence-corrected chi connectivity index (χ4v) is 1.71. The lowest BCUT2D eigenvalue weighted by molar-refractivity contribution is -0.384. The molecule has 1 rings (SSSR count). The number of nitro benzene ring substituents is 1. The molecule has 20 heavy (non-hydrogen) atoms. The van der Waals surface area contributed by atoms with Crippen molar-refractivity contribution in [3.05, 3.63) is 39.9 Å². The molecule has 0 saturated carbocycles. The SMILES string of the molecule is CCC(CC)(NN=Cc1cccc([N+](=O)[O-])c1)C(=O)O. The molecule has 1 aromatic rings. The lowest BCUT2D eigenvalue weighted by Crippen LogP contribution is -2.48. The average Bonchev–Trinajstić information content (AvgIpc) is 2.44. The molecule has 7 nitrogen and oxygen atoms in total. The standard InChI is InChI=1S/C13H17N3O4/c1-3-13(4-2,12(17)18)15-14-9-10-6-5-7-11(8-10)16(19)20/h5-9,15H,3-4H2,1-2H3,(H,17,18). The van der Waals surface area contributed by atoms with E-state index in [1.807, 2.05) is 0 Å². The van der Waals surface area contributed by atoms with Crippen LogP contribution in [0.15, 0.2) is 29.4 Å². The second kappa shape index (κ2) is 6.65. The lowest BCUT2D eigenvalue weighted by Gasteiger charge is -2.25. The van der Waals surface area contributed by atoms with E-state index in [4.69, 9.17) is 0 Å². The highest BCUT2D eigenvalue weighted by atomic mass is 16.6. The molecular formula is C13H17N3O4. The van der Waals surface area contributed by atoms with E-state index < -0.39 is 16.4 Å². The fourth-order valence-electron chi connectivity index (χ4n) is 1.71. The van der Waals surface area contributed by atoms with Gasteiger partial charge in [0.1, 0.15) is 0 Å². The van der Waals surface area contributed by atoms with Gasteiger partial charge in [0.15, 0.2) is 5.54 Å². The van der Waals surface area contributed by atoms with Crippen molar-refractivity contribution < 1.29 is 14.8 Å². The number of aliphatic carboxylic acids is 1. The van der Waals surface area contributed by atoms with E-state index in [-0.39, 0.29) is 5.69 Å². The van der Waals surface area contributed by atoms with E-state index in [0.717, 1.165) is 0 Å². The first-order valence-corrected chi connectivity index (χ1v) is 6.23. The van der Waals surface area contributed by atoms with Gasteiger partial charge in [0.05, 0.1) is 11.1 Å². The summed E-state index contributed by atoms with van der Waals surface area (Å²) in [5.41, 5.74) is 2.00. The number of nitrogens with one attached hydrogen (secondary N) is 1. The normalized spacial score (nSPS) is 11.5. The summed E-state index contributed by atoms with van der Waals surface area (Å²) in [4.78, 5) is 21.4. The molecule has 108 valence electrons. The molecule has 7 heteroatoms. The number of nitro groups is 1. The van der Waals surface area contributed by atoms with Gasteiger partial charge < -0.3 is 5.11 Å². The molecule has 0 amide bonds. The van der Waals surface area contributed by atoms with Crippen LogP contribution < -0.4 is 5.43 Å². The van der Waals surface area contributed by atoms with Crippen molar-refractivity contribution in [1.82, 2.24) is 5.43 Å². The summed E-state index contributed by atoms with van der Waals surface area (Å²) in [6, 6.07) is 5.94. The summed E-state index contributed by atoms with van der Waals surface area (Å²) < 4.78 is 0. The number of hydrogen-bond acceptors (Lipinski definition) is 5. The first-order valence-electron chi connectivity index (χ1n) is 6.23. The molecule has 0 aliphatic heterocycles. The molecule has 0 heterocycles. The zero-order chi connectivity index (χ0) is 15.2. The highest BCUT2D eigenvalue weighted by Crippen LogP contribution is 2.15. The average molecular weight is 279 g/mol. The molecule has 0 atom stereocenters. The Balaban J connectivity index is 2.85. The smallest absolute Gasteiger partial charge is 0.330 e. The molecule has 1 aromatic carbocycles. The number of hydrogen-bond donors (Lipinski definition) is 2. The minimum Gasteiger partial charge on any atom is -0.479 e. The molecule has 0 radical (unpaired) electrons. The van der Waals surface area contributed by atoms with E-state index in [9.17, 15) is 20.0 Å². The first kappa shape index (κ1) is 15.6. The van der Waals surface area contributed by atoms with Crippen LogP contribution in [-0.2, 0) is 4.79 Å². The van der Waals surface area contributed by atoms with E-state index in [1.165, 1.54) is 18.3 Å². The van der Waals surface area contributed by atoms with Crippen molar-refractivity contribution in [2.75, 3.05) is 0 Å². The van der Waals surface area contributed by atoms with Crippen LogP contribution in [0, 0.1) is 10.1 Å². The Morgan fingerprint density at radius 1 is 1.50 bits per heavy atom. The van der Waals surface area contributed by atoms with Gasteiger partial charge in [0.25, 0.3) is 5.69 Å². The van der Waals surface area contributed by atoms with Crippen molar-refractivity contribution in [3.63, 3.8) is 0 Å². The lowest BCUT2D eigenvalue weighted by atomic mass is 9.94. The largest absolute Gasteiger partial charge is 0.479 e. The second-order valence-corrected chi connectivity index (χ2v) is 4.32. The van der Waals surface area contributed by atoms with Crippen LogP contribution in [0.1, 0.15) is 32.3 Å². The summed E-state index contributed by atoms with van der Waals surface area (Å²) in [5.74, 6) is -0.973. The molecule has 0 fully saturated rings. The Bertz CT molecular complexity index is 524. The Morgan fingerprint density at radius 3 is 2.65 bits per heavy atom. The first-order chi connectivity index (χ1) is 9.45. The monoisotopic (exact) mass is 279 g/mol. The van der Waals surface area contributed by atoms with Crippen molar-refractivity contribution >= 4 is 17.9 Å². The van der Waals surface area contributed by atoms with E-state index >= 15 is 0 Å². The number of rotatable bonds is 7. The van der Waals surface area contributed by atoms with Crippen LogP contribution in [0.3, 0.4) is 0 Å². The van der Waals surface area contributed by atoms with Gasteiger partial charge in [-0.25, -0.2) is 4.79 Å². The summed E-state index contributed by atoms with van der Waals surface area (Å²) in [6.07, 6.45) is 2.13. The van der Waals surface area contributed by atoms with Crippen LogP contribution >= 0.6 is 0 Å². The highest BCUT2D eigenvalue weighted by Gasteiger charge is 2.34. The predicted octanol–water partition coefficient (Wildman–Crippen LogP) is 2.16. The fraction of sp³-hybridized carbons (Fsp3) is 0.385. The zero-order valence-corrected chi connectivity index (χ0v) is 11.4. The third-order valence-corrected chi connectivity index (χ3v) is 3.19.